The zero-order valence-corrected chi connectivity index (χ0v) is 20.3. The van der Waals surface area contributed by atoms with Gasteiger partial charge in [-0.2, -0.15) is 5.26 Å². The Labute approximate surface area is 205 Å². The normalized spacial score (nSPS) is 10.9. The molecule has 0 aliphatic heterocycles. The summed E-state index contributed by atoms with van der Waals surface area (Å²) >= 11 is 0. The number of hydrogen-bond acceptors (Lipinski definition) is 5. The minimum atomic E-state index is -0.546. The van der Waals surface area contributed by atoms with E-state index in [1.807, 2.05) is 31.2 Å². The Morgan fingerprint density at radius 1 is 1.00 bits per heavy atom. The van der Waals surface area contributed by atoms with Gasteiger partial charge in [0.1, 0.15) is 17.4 Å². The van der Waals surface area contributed by atoms with E-state index in [0.29, 0.717) is 23.4 Å². The monoisotopic (exact) mass is 468 g/mol. The van der Waals surface area contributed by atoms with Crippen LogP contribution in [0.1, 0.15) is 45.1 Å². The Hall–Kier alpha value is -4.37. The van der Waals surface area contributed by atoms with E-state index in [0.717, 1.165) is 17.7 Å². The predicted molar refractivity (Wildman–Crippen MR) is 136 cm³/mol. The van der Waals surface area contributed by atoms with Crippen molar-refractivity contribution in [1.82, 2.24) is 0 Å². The Morgan fingerprint density at radius 3 is 2.29 bits per heavy atom. The molecule has 0 bridgehead atoms. The molecule has 0 aromatic heterocycles. The van der Waals surface area contributed by atoms with E-state index in [2.05, 4.69) is 42.1 Å². The fourth-order valence-corrected chi connectivity index (χ4v) is 3.81. The highest BCUT2D eigenvalue weighted by atomic mass is 16.5. The third kappa shape index (κ3) is 6.81. The minimum Gasteiger partial charge on any atom is -0.494 e. The van der Waals surface area contributed by atoms with Crippen LogP contribution in [0.15, 0.2) is 66.2 Å². The van der Waals surface area contributed by atoms with Crippen molar-refractivity contribution in [1.29, 1.82) is 5.26 Å². The van der Waals surface area contributed by atoms with Crippen LogP contribution in [0.3, 0.4) is 0 Å². The van der Waals surface area contributed by atoms with Crippen molar-refractivity contribution in [2.75, 3.05) is 19.0 Å². The first-order chi connectivity index (χ1) is 16.8. The molecule has 0 saturated heterocycles. The molecule has 0 fully saturated rings. The smallest absolute Gasteiger partial charge is 0.337 e. The van der Waals surface area contributed by atoms with Gasteiger partial charge in [0, 0.05) is 12.1 Å². The van der Waals surface area contributed by atoms with Crippen LogP contribution in [-0.4, -0.2) is 25.6 Å². The molecule has 6 nitrogen and oxygen atoms in total. The minimum absolute atomic E-state index is 0.0495. The summed E-state index contributed by atoms with van der Waals surface area (Å²) in [6, 6.07) is 20.3. The predicted octanol–water partition coefficient (Wildman–Crippen LogP) is 5.63. The molecule has 35 heavy (non-hydrogen) atoms. The molecule has 6 heteroatoms. The van der Waals surface area contributed by atoms with Crippen LogP contribution >= 0.6 is 0 Å². The highest BCUT2D eigenvalue weighted by molar-refractivity contribution is 6.09. The van der Waals surface area contributed by atoms with E-state index < -0.39 is 11.9 Å². The van der Waals surface area contributed by atoms with E-state index in [1.165, 1.54) is 29.9 Å². The molecule has 0 aliphatic rings. The van der Waals surface area contributed by atoms with Gasteiger partial charge in [-0.15, -0.1) is 0 Å². The highest BCUT2D eigenvalue weighted by Crippen LogP contribution is 2.26. The molecule has 178 valence electrons. The van der Waals surface area contributed by atoms with Gasteiger partial charge < -0.3 is 14.8 Å². The maximum atomic E-state index is 12.7. The molecule has 0 unspecified atom stereocenters. The highest BCUT2D eigenvalue weighted by Gasteiger charge is 2.12. The molecular weight excluding hydrogens is 440 g/mol. The molecule has 1 amide bonds. The first kappa shape index (κ1) is 25.3. The number of ether oxygens (including phenoxy) is 2. The van der Waals surface area contributed by atoms with Gasteiger partial charge in [-0.25, -0.2) is 4.79 Å². The molecule has 0 aliphatic carbocycles. The lowest BCUT2D eigenvalue weighted by Crippen LogP contribution is -2.13. The number of esters is 1. The van der Waals surface area contributed by atoms with E-state index in [-0.39, 0.29) is 5.57 Å². The lowest BCUT2D eigenvalue weighted by atomic mass is 9.98. The SMILES string of the molecule is CCOc1cc(/C=C(\C#N)C(=O)Nc2ccc(C(=O)OC)cc2)ccc1Cc1cc(C)cc(C)c1. The molecule has 0 spiro atoms. The summed E-state index contributed by atoms with van der Waals surface area (Å²) in [4.78, 5) is 24.2. The average molecular weight is 469 g/mol. The standard InChI is InChI=1S/C29H28N2O4/c1-5-35-27-17-21(6-7-24(27)16-22-13-19(2)12-20(3)14-22)15-25(18-30)28(32)31-26-10-8-23(9-11-26)29(33)34-4/h6-15,17H,5,16H2,1-4H3,(H,31,32)/b25-15+. The zero-order valence-electron chi connectivity index (χ0n) is 20.3. The number of benzene rings is 3. The first-order valence-electron chi connectivity index (χ1n) is 11.3. The molecule has 1 N–H and O–H groups in total. The van der Waals surface area contributed by atoms with E-state index in [9.17, 15) is 14.9 Å². The lowest BCUT2D eigenvalue weighted by molar-refractivity contribution is -0.112. The van der Waals surface area contributed by atoms with Crippen molar-refractivity contribution >= 4 is 23.6 Å². The third-order valence-corrected chi connectivity index (χ3v) is 5.31. The molecule has 3 aromatic rings. The molecule has 0 heterocycles. The second kappa shape index (κ2) is 11.7. The molecule has 3 aromatic carbocycles. The van der Waals surface area contributed by atoms with Gasteiger partial charge >= 0.3 is 5.97 Å². The van der Waals surface area contributed by atoms with Crippen molar-refractivity contribution in [3.05, 3.63) is 99.6 Å². The van der Waals surface area contributed by atoms with Gasteiger partial charge in [-0.1, -0.05) is 41.5 Å². The van der Waals surface area contributed by atoms with Gasteiger partial charge in [0.2, 0.25) is 0 Å². The summed E-state index contributed by atoms with van der Waals surface area (Å²) in [5.74, 6) is -0.293. The Morgan fingerprint density at radius 2 is 1.69 bits per heavy atom. The topological polar surface area (TPSA) is 88.4 Å². The number of nitrogens with zero attached hydrogens (tertiary/aromatic N) is 1. The Balaban J connectivity index is 1.81. The molecule has 0 radical (unpaired) electrons. The number of carbonyl (C=O) groups is 2. The summed E-state index contributed by atoms with van der Waals surface area (Å²) in [7, 11) is 1.30. The number of nitrogens with one attached hydrogen (secondary N) is 1. The van der Waals surface area contributed by atoms with Crippen molar-refractivity contribution in [2.45, 2.75) is 27.2 Å². The van der Waals surface area contributed by atoms with Crippen LogP contribution in [0.25, 0.3) is 6.08 Å². The van der Waals surface area contributed by atoms with Crippen molar-refractivity contribution in [2.24, 2.45) is 0 Å². The number of aryl methyl sites for hydroxylation is 2. The lowest BCUT2D eigenvalue weighted by Gasteiger charge is -2.13. The number of amides is 1. The van der Waals surface area contributed by atoms with E-state index in [1.54, 1.807) is 24.3 Å². The van der Waals surface area contributed by atoms with Crippen LogP contribution in [0.5, 0.6) is 5.75 Å². The fourth-order valence-electron chi connectivity index (χ4n) is 3.81. The summed E-state index contributed by atoms with van der Waals surface area (Å²) in [6.45, 7) is 6.58. The number of methoxy groups -OCH3 is 1. The van der Waals surface area contributed by atoms with Crippen LogP contribution < -0.4 is 10.1 Å². The molecule has 3 rings (SSSR count). The van der Waals surface area contributed by atoms with Crippen molar-refractivity contribution in [3.63, 3.8) is 0 Å². The molecular formula is C29H28N2O4. The molecule has 0 saturated carbocycles. The van der Waals surface area contributed by atoms with Gasteiger partial charge in [0.25, 0.3) is 5.91 Å². The van der Waals surface area contributed by atoms with Gasteiger partial charge in [0.05, 0.1) is 19.3 Å². The maximum absolute atomic E-state index is 12.7. The average Bonchev–Trinajstić information content (AvgIpc) is 2.83. The summed E-state index contributed by atoms with van der Waals surface area (Å²) in [6.07, 6.45) is 2.25. The quantitative estimate of drug-likeness (QED) is 0.263. The van der Waals surface area contributed by atoms with Crippen molar-refractivity contribution in [3.8, 4) is 11.8 Å². The van der Waals surface area contributed by atoms with E-state index >= 15 is 0 Å². The third-order valence-electron chi connectivity index (χ3n) is 5.31. The zero-order chi connectivity index (χ0) is 25.4. The van der Waals surface area contributed by atoms with Crippen molar-refractivity contribution < 1.29 is 19.1 Å². The van der Waals surface area contributed by atoms with Gasteiger partial charge in [-0.3, -0.25) is 4.79 Å². The van der Waals surface area contributed by atoms with Gasteiger partial charge in [0.15, 0.2) is 0 Å². The second-order valence-electron chi connectivity index (χ2n) is 8.17. The number of carbonyl (C=O) groups excluding carboxylic acids is 2. The maximum Gasteiger partial charge on any atom is 0.337 e. The summed E-state index contributed by atoms with van der Waals surface area (Å²) < 4.78 is 10.5. The number of anilines is 1. The van der Waals surface area contributed by atoms with Crippen LogP contribution in [0.4, 0.5) is 5.69 Å². The Bertz CT molecular complexity index is 1280. The summed E-state index contributed by atoms with van der Waals surface area (Å²) in [5, 5.41) is 12.3. The summed E-state index contributed by atoms with van der Waals surface area (Å²) in [5.41, 5.74) is 6.11. The largest absolute Gasteiger partial charge is 0.494 e. The van der Waals surface area contributed by atoms with Crippen LogP contribution in [0, 0.1) is 25.2 Å². The first-order valence-corrected chi connectivity index (χ1v) is 11.3. The van der Waals surface area contributed by atoms with Gasteiger partial charge in [-0.05, 0) is 73.9 Å². The number of hydrogen-bond donors (Lipinski definition) is 1. The second-order valence-corrected chi connectivity index (χ2v) is 8.17. The number of nitriles is 1. The van der Waals surface area contributed by atoms with Crippen LogP contribution in [0.2, 0.25) is 0 Å². The Kier molecular flexibility index (Phi) is 8.42. The number of rotatable bonds is 8. The van der Waals surface area contributed by atoms with E-state index in [4.69, 9.17) is 4.74 Å². The fraction of sp³-hybridized carbons (Fsp3) is 0.207. The van der Waals surface area contributed by atoms with Crippen LogP contribution in [-0.2, 0) is 16.0 Å². The molecule has 0 atom stereocenters.